The van der Waals surface area contributed by atoms with Gasteiger partial charge in [0.2, 0.25) is 5.91 Å². The SMILES string of the molecule is CNC(=O)C(C)(C)C1C(O)C(O)C(CO)N1CCCc1ccccc1. The Bertz CT molecular complexity index is 564. The molecule has 1 fully saturated rings. The molecule has 1 amide bonds. The molecule has 6 nitrogen and oxygen atoms in total. The van der Waals surface area contributed by atoms with Gasteiger partial charge in [-0.2, -0.15) is 0 Å². The number of carbonyl (C=O) groups is 1. The number of hydrogen-bond acceptors (Lipinski definition) is 5. The predicted molar refractivity (Wildman–Crippen MR) is 96.0 cm³/mol. The first-order chi connectivity index (χ1) is 11.8. The second-order valence-corrected chi connectivity index (χ2v) is 7.30. The van der Waals surface area contributed by atoms with Gasteiger partial charge in [0, 0.05) is 7.05 Å². The molecule has 4 atom stereocenters. The Morgan fingerprint density at radius 3 is 2.40 bits per heavy atom. The molecular formula is C19H30N2O4. The number of aryl methyl sites for hydroxylation is 1. The van der Waals surface area contributed by atoms with Gasteiger partial charge in [-0.15, -0.1) is 0 Å². The molecule has 6 heteroatoms. The third kappa shape index (κ3) is 4.03. The summed E-state index contributed by atoms with van der Waals surface area (Å²) in [5.41, 5.74) is 0.316. The number of benzene rings is 1. The molecule has 25 heavy (non-hydrogen) atoms. The molecule has 1 aromatic carbocycles. The number of hydrogen-bond donors (Lipinski definition) is 4. The van der Waals surface area contributed by atoms with Crippen LogP contribution in [0, 0.1) is 5.41 Å². The van der Waals surface area contributed by atoms with E-state index < -0.39 is 29.7 Å². The van der Waals surface area contributed by atoms with E-state index in [0.717, 1.165) is 12.8 Å². The Hall–Kier alpha value is -1.47. The lowest BCUT2D eigenvalue weighted by molar-refractivity contribution is -0.134. The van der Waals surface area contributed by atoms with Crippen molar-refractivity contribution in [3.63, 3.8) is 0 Å². The van der Waals surface area contributed by atoms with Crippen molar-refractivity contribution in [2.45, 2.75) is 51.0 Å². The highest BCUT2D eigenvalue weighted by Crippen LogP contribution is 2.37. The van der Waals surface area contributed by atoms with Gasteiger partial charge in [-0.05, 0) is 38.8 Å². The van der Waals surface area contributed by atoms with Crippen molar-refractivity contribution in [2.24, 2.45) is 5.41 Å². The van der Waals surface area contributed by atoms with Crippen LogP contribution in [0.1, 0.15) is 25.8 Å². The third-order valence-corrected chi connectivity index (χ3v) is 5.31. The fourth-order valence-corrected chi connectivity index (χ4v) is 3.94. The maximum Gasteiger partial charge on any atom is 0.227 e. The number of rotatable bonds is 7. The molecule has 1 aliphatic rings. The van der Waals surface area contributed by atoms with Crippen LogP contribution in [0.5, 0.6) is 0 Å². The lowest BCUT2D eigenvalue weighted by Gasteiger charge is -2.39. The van der Waals surface area contributed by atoms with Gasteiger partial charge in [0.25, 0.3) is 0 Å². The fraction of sp³-hybridized carbons (Fsp3) is 0.632. The van der Waals surface area contributed by atoms with Crippen LogP contribution in [0.25, 0.3) is 0 Å². The summed E-state index contributed by atoms with van der Waals surface area (Å²) < 4.78 is 0. The van der Waals surface area contributed by atoms with Crippen LogP contribution in [-0.2, 0) is 11.2 Å². The first-order valence-corrected chi connectivity index (χ1v) is 8.83. The van der Waals surface area contributed by atoms with E-state index in [1.807, 2.05) is 23.1 Å². The normalized spacial score (nSPS) is 27.4. The van der Waals surface area contributed by atoms with E-state index in [0.29, 0.717) is 6.54 Å². The zero-order valence-corrected chi connectivity index (χ0v) is 15.2. The standard InChI is InChI=1S/C19H30N2O4/c1-19(2,18(25)20-3)17-16(24)15(23)14(12-22)21(17)11-7-10-13-8-5-4-6-9-13/h4-6,8-9,14-17,22-24H,7,10-12H2,1-3H3,(H,20,25). The number of nitrogens with zero attached hydrogens (tertiary/aromatic N) is 1. The minimum atomic E-state index is -1.08. The minimum absolute atomic E-state index is 0.199. The zero-order valence-electron chi connectivity index (χ0n) is 15.2. The van der Waals surface area contributed by atoms with Gasteiger partial charge in [0.1, 0.15) is 0 Å². The van der Waals surface area contributed by atoms with Gasteiger partial charge in [-0.1, -0.05) is 30.3 Å². The Kier molecular flexibility index (Phi) is 6.57. The van der Waals surface area contributed by atoms with E-state index in [2.05, 4.69) is 17.4 Å². The Labute approximate surface area is 149 Å². The summed E-state index contributed by atoms with van der Waals surface area (Å²) in [6.45, 7) is 3.84. The van der Waals surface area contributed by atoms with Crippen LogP contribution in [-0.4, -0.2) is 70.6 Å². The molecule has 4 N–H and O–H groups in total. The molecule has 2 rings (SSSR count). The van der Waals surface area contributed by atoms with Gasteiger partial charge >= 0.3 is 0 Å². The number of nitrogens with one attached hydrogen (secondary N) is 1. The molecule has 1 heterocycles. The first kappa shape index (κ1) is 19.8. The monoisotopic (exact) mass is 350 g/mol. The molecule has 1 aliphatic heterocycles. The lowest BCUT2D eigenvalue weighted by Crippen LogP contribution is -2.55. The summed E-state index contributed by atoms with van der Waals surface area (Å²) >= 11 is 0. The Morgan fingerprint density at radius 2 is 1.84 bits per heavy atom. The summed E-state index contributed by atoms with van der Waals surface area (Å²) in [5.74, 6) is -0.199. The second kappa shape index (κ2) is 8.27. The first-order valence-electron chi connectivity index (χ1n) is 8.83. The fourth-order valence-electron chi connectivity index (χ4n) is 3.94. The van der Waals surface area contributed by atoms with Crippen LogP contribution in [0.15, 0.2) is 30.3 Å². The molecule has 0 radical (unpaired) electrons. The molecule has 0 bridgehead atoms. The number of likely N-dealkylation sites (tertiary alicyclic amines) is 1. The van der Waals surface area contributed by atoms with Crippen molar-refractivity contribution >= 4 is 5.91 Å². The summed E-state index contributed by atoms with van der Waals surface area (Å²) in [6.07, 6.45) is -0.494. The van der Waals surface area contributed by atoms with Crippen molar-refractivity contribution in [1.82, 2.24) is 10.2 Å². The highest BCUT2D eigenvalue weighted by molar-refractivity contribution is 5.82. The highest BCUT2D eigenvalue weighted by atomic mass is 16.3. The van der Waals surface area contributed by atoms with Crippen LogP contribution in [0.3, 0.4) is 0 Å². The average Bonchev–Trinajstić information content (AvgIpc) is 2.85. The van der Waals surface area contributed by atoms with Crippen LogP contribution >= 0.6 is 0 Å². The van der Waals surface area contributed by atoms with Crippen LogP contribution in [0.2, 0.25) is 0 Å². The van der Waals surface area contributed by atoms with Gasteiger partial charge in [-0.25, -0.2) is 0 Å². The summed E-state index contributed by atoms with van der Waals surface area (Å²) in [7, 11) is 1.56. The molecule has 4 unspecified atom stereocenters. The smallest absolute Gasteiger partial charge is 0.227 e. The highest BCUT2D eigenvalue weighted by Gasteiger charge is 2.55. The van der Waals surface area contributed by atoms with Crippen molar-refractivity contribution in [3.05, 3.63) is 35.9 Å². The average molecular weight is 350 g/mol. The number of amides is 1. The summed E-state index contributed by atoms with van der Waals surface area (Å²) in [4.78, 5) is 14.2. The molecular weight excluding hydrogens is 320 g/mol. The van der Waals surface area contributed by atoms with E-state index in [9.17, 15) is 20.1 Å². The number of carbonyl (C=O) groups excluding carboxylic acids is 1. The van der Waals surface area contributed by atoms with Crippen molar-refractivity contribution in [2.75, 3.05) is 20.2 Å². The zero-order chi connectivity index (χ0) is 18.6. The largest absolute Gasteiger partial charge is 0.395 e. The van der Waals surface area contributed by atoms with E-state index in [4.69, 9.17) is 0 Å². The predicted octanol–water partition coefficient (Wildman–Crippen LogP) is 0.158. The maximum absolute atomic E-state index is 12.3. The molecule has 1 aromatic rings. The number of aliphatic hydroxyl groups excluding tert-OH is 3. The molecule has 0 spiro atoms. The second-order valence-electron chi connectivity index (χ2n) is 7.30. The number of aliphatic hydroxyl groups is 3. The molecule has 1 saturated heterocycles. The Morgan fingerprint density at radius 1 is 1.20 bits per heavy atom. The van der Waals surface area contributed by atoms with Crippen molar-refractivity contribution < 1.29 is 20.1 Å². The van der Waals surface area contributed by atoms with E-state index in [-0.39, 0.29) is 12.5 Å². The topological polar surface area (TPSA) is 93.0 Å². The lowest BCUT2D eigenvalue weighted by atomic mass is 9.80. The van der Waals surface area contributed by atoms with Gasteiger partial charge in [-0.3, -0.25) is 9.69 Å². The van der Waals surface area contributed by atoms with Crippen LogP contribution in [0.4, 0.5) is 0 Å². The van der Waals surface area contributed by atoms with Crippen molar-refractivity contribution in [1.29, 1.82) is 0 Å². The Balaban J connectivity index is 2.15. The molecule has 0 aromatic heterocycles. The molecule has 0 aliphatic carbocycles. The van der Waals surface area contributed by atoms with Crippen molar-refractivity contribution in [3.8, 4) is 0 Å². The maximum atomic E-state index is 12.3. The minimum Gasteiger partial charge on any atom is -0.395 e. The summed E-state index contributed by atoms with van der Waals surface area (Å²) in [6, 6.07) is 8.95. The van der Waals surface area contributed by atoms with E-state index in [1.165, 1.54) is 5.56 Å². The van der Waals surface area contributed by atoms with E-state index in [1.54, 1.807) is 20.9 Å². The van der Waals surface area contributed by atoms with Gasteiger partial charge < -0.3 is 20.6 Å². The summed E-state index contributed by atoms with van der Waals surface area (Å²) in [5, 5.41) is 33.2. The van der Waals surface area contributed by atoms with Crippen LogP contribution < -0.4 is 5.32 Å². The van der Waals surface area contributed by atoms with E-state index >= 15 is 0 Å². The van der Waals surface area contributed by atoms with Gasteiger partial charge in [0.15, 0.2) is 0 Å². The third-order valence-electron chi connectivity index (χ3n) is 5.31. The molecule has 0 saturated carbocycles. The van der Waals surface area contributed by atoms with Gasteiger partial charge in [0.05, 0.1) is 36.3 Å². The molecule has 140 valence electrons. The quantitative estimate of drug-likeness (QED) is 0.562.